The lowest BCUT2D eigenvalue weighted by molar-refractivity contribution is -0.127. The molecule has 0 fully saturated rings. The molecule has 1 aliphatic rings. The summed E-state index contributed by atoms with van der Waals surface area (Å²) in [7, 11) is 0. The van der Waals surface area contributed by atoms with Crippen LogP contribution in [0.5, 0.6) is 11.5 Å². The highest BCUT2D eigenvalue weighted by molar-refractivity contribution is 5.98. The molecule has 6 heteroatoms. The van der Waals surface area contributed by atoms with E-state index in [0.717, 1.165) is 16.7 Å². The van der Waals surface area contributed by atoms with Crippen LogP contribution in [0.1, 0.15) is 53.9 Å². The van der Waals surface area contributed by atoms with E-state index >= 15 is 0 Å². The third kappa shape index (κ3) is 6.01. The Morgan fingerprint density at radius 2 is 1.57 bits per heavy atom. The van der Waals surface area contributed by atoms with Crippen LogP contribution in [0.15, 0.2) is 72.8 Å². The Kier molecular flexibility index (Phi) is 7.10. The Balaban J connectivity index is 1.79. The van der Waals surface area contributed by atoms with Crippen LogP contribution in [0.3, 0.4) is 0 Å². The Hall–Kier alpha value is -3.80. The third-order valence-corrected chi connectivity index (χ3v) is 5.70. The van der Waals surface area contributed by atoms with Gasteiger partial charge in [-0.25, -0.2) is 0 Å². The number of aryl methyl sites for hydroxylation is 1. The van der Waals surface area contributed by atoms with E-state index in [0.29, 0.717) is 30.3 Å². The van der Waals surface area contributed by atoms with E-state index in [-0.39, 0.29) is 18.4 Å². The van der Waals surface area contributed by atoms with Crippen molar-refractivity contribution in [1.82, 2.24) is 10.2 Å². The van der Waals surface area contributed by atoms with E-state index in [1.54, 1.807) is 23.1 Å². The van der Waals surface area contributed by atoms with Crippen LogP contribution in [0, 0.1) is 6.92 Å². The number of benzene rings is 3. The van der Waals surface area contributed by atoms with Crippen molar-refractivity contribution >= 4 is 11.8 Å². The molecule has 182 valence electrons. The summed E-state index contributed by atoms with van der Waals surface area (Å²) in [6.45, 7) is 8.96. The first kappa shape index (κ1) is 24.3. The van der Waals surface area contributed by atoms with E-state index in [1.165, 1.54) is 0 Å². The molecule has 1 heterocycles. The van der Waals surface area contributed by atoms with E-state index in [2.05, 4.69) is 5.32 Å². The minimum Gasteiger partial charge on any atom is -0.486 e. The molecule has 1 atom stereocenters. The van der Waals surface area contributed by atoms with Crippen molar-refractivity contribution in [3.8, 4) is 11.5 Å². The van der Waals surface area contributed by atoms with E-state index in [9.17, 15) is 9.59 Å². The van der Waals surface area contributed by atoms with Gasteiger partial charge in [-0.1, -0.05) is 60.2 Å². The lowest BCUT2D eigenvalue weighted by Gasteiger charge is -2.34. The van der Waals surface area contributed by atoms with Crippen LogP contribution in [-0.4, -0.2) is 35.5 Å². The molecule has 4 rings (SSSR count). The van der Waals surface area contributed by atoms with Gasteiger partial charge in [0.2, 0.25) is 5.91 Å². The monoisotopic (exact) mass is 472 g/mol. The highest BCUT2D eigenvalue weighted by Gasteiger charge is 2.34. The molecular weight excluding hydrogens is 440 g/mol. The molecular formula is C29H32N2O4. The van der Waals surface area contributed by atoms with Crippen molar-refractivity contribution in [2.45, 2.75) is 45.8 Å². The number of carbonyl (C=O) groups is 2. The number of nitrogens with zero attached hydrogens (tertiary/aromatic N) is 1. The molecule has 0 aliphatic carbocycles. The van der Waals surface area contributed by atoms with Crippen molar-refractivity contribution in [3.05, 3.63) is 95.1 Å². The fourth-order valence-electron chi connectivity index (χ4n) is 4.06. The summed E-state index contributed by atoms with van der Waals surface area (Å²) in [5.41, 5.74) is 2.74. The first-order valence-electron chi connectivity index (χ1n) is 11.8. The van der Waals surface area contributed by atoms with Crippen LogP contribution >= 0.6 is 0 Å². The summed E-state index contributed by atoms with van der Waals surface area (Å²) in [6, 6.07) is 21.8. The van der Waals surface area contributed by atoms with Gasteiger partial charge in [0, 0.05) is 17.6 Å². The standard InChI is InChI=1S/C29H32N2O4/c1-20-10-12-22(13-11-20)26(27(32)30-29(2,3)4)31(19-21-8-6-5-7-9-21)28(33)23-14-15-24-25(18-23)35-17-16-34-24/h5-15,18,26H,16-17,19H2,1-4H3,(H,30,32)/t26-/m0/s1. The molecule has 35 heavy (non-hydrogen) atoms. The van der Waals surface area contributed by atoms with Crippen molar-refractivity contribution in [3.63, 3.8) is 0 Å². The van der Waals surface area contributed by atoms with Gasteiger partial charge in [0.25, 0.3) is 5.91 Å². The Morgan fingerprint density at radius 3 is 2.23 bits per heavy atom. The smallest absolute Gasteiger partial charge is 0.255 e. The highest BCUT2D eigenvalue weighted by atomic mass is 16.6. The topological polar surface area (TPSA) is 67.9 Å². The van der Waals surface area contributed by atoms with Crippen molar-refractivity contribution in [2.75, 3.05) is 13.2 Å². The van der Waals surface area contributed by atoms with Gasteiger partial charge in [0.15, 0.2) is 11.5 Å². The quantitative estimate of drug-likeness (QED) is 0.544. The van der Waals surface area contributed by atoms with Crippen molar-refractivity contribution in [1.29, 1.82) is 0 Å². The van der Waals surface area contributed by atoms with Crippen molar-refractivity contribution in [2.24, 2.45) is 0 Å². The number of carbonyl (C=O) groups excluding carboxylic acids is 2. The SMILES string of the molecule is Cc1ccc([C@@H](C(=O)NC(C)(C)C)N(Cc2ccccc2)C(=O)c2ccc3c(c2)OCCO3)cc1. The normalized spacial score (nSPS) is 13.6. The number of hydrogen-bond acceptors (Lipinski definition) is 4. The maximum atomic E-state index is 14.0. The van der Waals surface area contributed by atoms with Gasteiger partial charge in [-0.2, -0.15) is 0 Å². The molecule has 0 spiro atoms. The molecule has 0 radical (unpaired) electrons. The predicted molar refractivity (Wildman–Crippen MR) is 136 cm³/mol. The highest BCUT2D eigenvalue weighted by Crippen LogP contribution is 2.33. The molecule has 0 saturated heterocycles. The molecule has 3 aromatic carbocycles. The fraction of sp³-hybridized carbons (Fsp3) is 0.310. The number of fused-ring (bicyclic) bond motifs is 1. The molecule has 0 unspecified atom stereocenters. The van der Waals surface area contributed by atoms with Crippen LogP contribution in [0.4, 0.5) is 0 Å². The molecule has 0 bridgehead atoms. The molecule has 1 aliphatic heterocycles. The zero-order valence-electron chi connectivity index (χ0n) is 20.7. The van der Waals surface area contributed by atoms with Crippen molar-refractivity contribution < 1.29 is 19.1 Å². The Morgan fingerprint density at radius 1 is 0.914 bits per heavy atom. The average molecular weight is 473 g/mol. The van der Waals surface area contributed by atoms with E-state index in [4.69, 9.17) is 9.47 Å². The maximum absolute atomic E-state index is 14.0. The molecule has 2 amide bonds. The molecule has 0 saturated carbocycles. The maximum Gasteiger partial charge on any atom is 0.255 e. The second-order valence-corrected chi connectivity index (χ2v) is 9.83. The van der Waals surface area contributed by atoms with E-state index in [1.807, 2.05) is 82.3 Å². The van der Waals surface area contributed by atoms with Gasteiger partial charge in [-0.15, -0.1) is 0 Å². The average Bonchev–Trinajstić information content (AvgIpc) is 2.83. The summed E-state index contributed by atoms with van der Waals surface area (Å²) >= 11 is 0. The van der Waals surface area contributed by atoms with E-state index < -0.39 is 11.6 Å². The molecule has 0 aromatic heterocycles. The second kappa shape index (κ2) is 10.2. The number of rotatable bonds is 6. The zero-order chi connectivity index (χ0) is 25.0. The first-order valence-corrected chi connectivity index (χ1v) is 11.8. The molecule has 1 N–H and O–H groups in total. The van der Waals surface area contributed by atoms with Crippen LogP contribution in [-0.2, 0) is 11.3 Å². The van der Waals surface area contributed by atoms with Gasteiger partial charge in [-0.05, 0) is 57.0 Å². The number of amides is 2. The number of ether oxygens (including phenoxy) is 2. The number of nitrogens with one attached hydrogen (secondary N) is 1. The summed E-state index contributed by atoms with van der Waals surface area (Å²) in [5.74, 6) is 0.652. The fourth-order valence-corrected chi connectivity index (χ4v) is 4.06. The minimum absolute atomic E-state index is 0.233. The third-order valence-electron chi connectivity index (χ3n) is 5.70. The van der Waals surface area contributed by atoms with Gasteiger partial charge >= 0.3 is 0 Å². The minimum atomic E-state index is -0.823. The summed E-state index contributed by atoms with van der Waals surface area (Å²) in [4.78, 5) is 29.4. The first-order chi connectivity index (χ1) is 16.7. The van der Waals surface area contributed by atoms with Crippen LogP contribution in [0.2, 0.25) is 0 Å². The Bertz CT molecular complexity index is 1180. The molecule has 6 nitrogen and oxygen atoms in total. The summed E-state index contributed by atoms with van der Waals surface area (Å²) < 4.78 is 11.3. The lowest BCUT2D eigenvalue weighted by atomic mass is 9.99. The molecule has 3 aromatic rings. The summed E-state index contributed by atoms with van der Waals surface area (Å²) in [5, 5.41) is 3.08. The van der Waals surface area contributed by atoms with Gasteiger partial charge in [-0.3, -0.25) is 9.59 Å². The van der Waals surface area contributed by atoms with Gasteiger partial charge in [0.05, 0.1) is 0 Å². The lowest BCUT2D eigenvalue weighted by Crippen LogP contribution is -2.49. The largest absolute Gasteiger partial charge is 0.486 e. The second-order valence-electron chi connectivity index (χ2n) is 9.83. The Labute approximate surface area is 206 Å². The number of hydrogen-bond donors (Lipinski definition) is 1. The summed E-state index contributed by atoms with van der Waals surface area (Å²) in [6.07, 6.45) is 0. The van der Waals surface area contributed by atoms with Crippen LogP contribution in [0.25, 0.3) is 0 Å². The predicted octanol–water partition coefficient (Wildman–Crippen LogP) is 5.06. The zero-order valence-corrected chi connectivity index (χ0v) is 20.7. The van der Waals surface area contributed by atoms with Gasteiger partial charge in [0.1, 0.15) is 19.3 Å². The van der Waals surface area contributed by atoms with Crippen LogP contribution < -0.4 is 14.8 Å². The van der Waals surface area contributed by atoms with Gasteiger partial charge < -0.3 is 19.7 Å².